The smallest absolute Gasteiger partial charge is 0.239 e. The van der Waals surface area contributed by atoms with Crippen molar-refractivity contribution in [3.63, 3.8) is 0 Å². The Balaban J connectivity index is 2.82. The van der Waals surface area contributed by atoms with Crippen molar-refractivity contribution in [2.75, 3.05) is 13.2 Å². The standard InChI is InChI=1S/C9H18N2O3/c1-6(10)8(14)11-4-7(13)3-9(11,2)5-12/h6-7,12-13H,3-5,10H2,1-2H3/t6-,7?,9?/m0/s1. The van der Waals surface area contributed by atoms with Gasteiger partial charge in [0.25, 0.3) is 0 Å². The minimum atomic E-state index is -0.663. The number of rotatable bonds is 2. The summed E-state index contributed by atoms with van der Waals surface area (Å²) < 4.78 is 0. The molecule has 0 saturated carbocycles. The number of aliphatic hydroxyl groups is 2. The second kappa shape index (κ2) is 3.84. The van der Waals surface area contributed by atoms with Gasteiger partial charge >= 0.3 is 0 Å². The summed E-state index contributed by atoms with van der Waals surface area (Å²) in [6.45, 7) is 3.47. The third-order valence-corrected chi connectivity index (χ3v) is 2.72. The number of amides is 1. The average Bonchev–Trinajstić information content (AvgIpc) is 2.41. The molecule has 3 atom stereocenters. The molecule has 0 spiro atoms. The summed E-state index contributed by atoms with van der Waals surface area (Å²) in [7, 11) is 0. The molecule has 0 aromatic rings. The van der Waals surface area contributed by atoms with Crippen molar-refractivity contribution in [2.45, 2.75) is 38.0 Å². The fraction of sp³-hybridized carbons (Fsp3) is 0.889. The van der Waals surface area contributed by atoms with Crippen LogP contribution < -0.4 is 5.73 Å². The largest absolute Gasteiger partial charge is 0.394 e. The summed E-state index contributed by atoms with van der Waals surface area (Å²) in [6.07, 6.45) is -0.156. The van der Waals surface area contributed by atoms with Gasteiger partial charge in [-0.2, -0.15) is 0 Å². The molecule has 1 aliphatic rings. The van der Waals surface area contributed by atoms with Gasteiger partial charge in [0, 0.05) is 13.0 Å². The first kappa shape index (κ1) is 11.4. The van der Waals surface area contributed by atoms with Gasteiger partial charge < -0.3 is 20.8 Å². The van der Waals surface area contributed by atoms with Crippen molar-refractivity contribution in [3.05, 3.63) is 0 Å². The summed E-state index contributed by atoms with van der Waals surface area (Å²) in [6, 6.07) is -0.592. The van der Waals surface area contributed by atoms with Crippen molar-refractivity contribution >= 4 is 5.91 Å². The van der Waals surface area contributed by atoms with Crippen LogP contribution in [-0.2, 0) is 4.79 Å². The quantitative estimate of drug-likeness (QED) is 0.518. The molecule has 5 heteroatoms. The highest BCUT2D eigenvalue weighted by Crippen LogP contribution is 2.29. The monoisotopic (exact) mass is 202 g/mol. The lowest BCUT2D eigenvalue weighted by atomic mass is 9.99. The first-order valence-electron chi connectivity index (χ1n) is 4.76. The second-order valence-electron chi connectivity index (χ2n) is 4.25. The third kappa shape index (κ3) is 1.89. The van der Waals surface area contributed by atoms with Gasteiger partial charge in [-0.05, 0) is 13.8 Å². The molecular formula is C9H18N2O3. The minimum absolute atomic E-state index is 0.150. The van der Waals surface area contributed by atoms with E-state index in [4.69, 9.17) is 5.73 Å². The summed E-state index contributed by atoms with van der Waals surface area (Å²) in [5.41, 5.74) is 4.82. The topological polar surface area (TPSA) is 86.8 Å². The predicted molar refractivity (Wildman–Crippen MR) is 51.5 cm³/mol. The molecule has 2 unspecified atom stereocenters. The van der Waals surface area contributed by atoms with Crippen LogP contribution in [-0.4, -0.2) is 51.9 Å². The fourth-order valence-corrected chi connectivity index (χ4v) is 1.87. The maximum absolute atomic E-state index is 11.6. The first-order valence-corrected chi connectivity index (χ1v) is 4.76. The van der Waals surface area contributed by atoms with Gasteiger partial charge in [0.15, 0.2) is 0 Å². The van der Waals surface area contributed by atoms with E-state index in [1.54, 1.807) is 13.8 Å². The average molecular weight is 202 g/mol. The third-order valence-electron chi connectivity index (χ3n) is 2.72. The van der Waals surface area contributed by atoms with Crippen molar-refractivity contribution in [1.29, 1.82) is 0 Å². The van der Waals surface area contributed by atoms with Gasteiger partial charge in [-0.1, -0.05) is 0 Å². The number of hydrogen-bond acceptors (Lipinski definition) is 4. The van der Waals surface area contributed by atoms with Gasteiger partial charge in [0.1, 0.15) is 0 Å². The van der Waals surface area contributed by atoms with Crippen molar-refractivity contribution in [3.8, 4) is 0 Å². The Morgan fingerprint density at radius 1 is 1.79 bits per heavy atom. The minimum Gasteiger partial charge on any atom is -0.394 e. The summed E-state index contributed by atoms with van der Waals surface area (Å²) in [4.78, 5) is 13.1. The Morgan fingerprint density at radius 3 is 2.79 bits per heavy atom. The molecule has 1 aliphatic heterocycles. The number of carbonyl (C=O) groups excluding carboxylic acids is 1. The maximum atomic E-state index is 11.6. The lowest BCUT2D eigenvalue weighted by Crippen LogP contribution is -2.52. The summed E-state index contributed by atoms with van der Waals surface area (Å²) in [5.74, 6) is -0.224. The van der Waals surface area contributed by atoms with Crippen LogP contribution in [0.3, 0.4) is 0 Å². The lowest BCUT2D eigenvalue weighted by molar-refractivity contribution is -0.137. The molecule has 1 fully saturated rings. The number of nitrogens with two attached hydrogens (primary N) is 1. The van der Waals surface area contributed by atoms with Crippen molar-refractivity contribution < 1.29 is 15.0 Å². The molecule has 1 saturated heterocycles. The highest BCUT2D eigenvalue weighted by atomic mass is 16.3. The zero-order valence-electron chi connectivity index (χ0n) is 8.60. The van der Waals surface area contributed by atoms with Crippen LogP contribution in [0.15, 0.2) is 0 Å². The maximum Gasteiger partial charge on any atom is 0.239 e. The number of carbonyl (C=O) groups is 1. The first-order chi connectivity index (χ1) is 6.40. The molecule has 82 valence electrons. The van der Waals surface area contributed by atoms with Gasteiger partial charge in [0.05, 0.1) is 24.3 Å². The Hall–Kier alpha value is -0.650. The van der Waals surface area contributed by atoms with E-state index in [9.17, 15) is 15.0 Å². The van der Waals surface area contributed by atoms with E-state index in [2.05, 4.69) is 0 Å². The molecule has 1 amide bonds. The molecule has 1 rings (SSSR count). The second-order valence-corrected chi connectivity index (χ2v) is 4.25. The van der Waals surface area contributed by atoms with E-state index >= 15 is 0 Å². The Morgan fingerprint density at radius 2 is 2.36 bits per heavy atom. The van der Waals surface area contributed by atoms with Crippen LogP contribution in [0.4, 0.5) is 0 Å². The number of β-amino-alcohol motifs (C(OH)–C–C–N with tert-alkyl or cyclic N) is 1. The number of aliphatic hydroxyl groups excluding tert-OH is 2. The molecule has 4 N–H and O–H groups in total. The van der Waals surface area contributed by atoms with Crippen LogP contribution in [0.1, 0.15) is 20.3 Å². The van der Waals surface area contributed by atoms with E-state index in [0.29, 0.717) is 6.42 Å². The number of likely N-dealkylation sites (tertiary alicyclic amines) is 1. The van der Waals surface area contributed by atoms with Gasteiger partial charge in [0.2, 0.25) is 5.91 Å². The number of hydrogen-bond donors (Lipinski definition) is 3. The normalized spacial score (nSPS) is 34.6. The van der Waals surface area contributed by atoms with E-state index in [1.165, 1.54) is 4.90 Å². The Kier molecular flexibility index (Phi) is 3.14. The Bertz CT molecular complexity index is 232. The number of nitrogens with zero attached hydrogens (tertiary/aromatic N) is 1. The molecular weight excluding hydrogens is 184 g/mol. The summed E-state index contributed by atoms with van der Waals surface area (Å²) in [5, 5.41) is 18.6. The SMILES string of the molecule is C[C@H](N)C(=O)N1CC(O)CC1(C)CO. The van der Waals surface area contributed by atoms with Crippen LogP contribution in [0.2, 0.25) is 0 Å². The Labute approximate surface area is 83.5 Å². The molecule has 14 heavy (non-hydrogen) atoms. The molecule has 0 aromatic carbocycles. The fourth-order valence-electron chi connectivity index (χ4n) is 1.87. The van der Waals surface area contributed by atoms with Gasteiger partial charge in [-0.25, -0.2) is 0 Å². The van der Waals surface area contributed by atoms with E-state index < -0.39 is 17.7 Å². The zero-order valence-corrected chi connectivity index (χ0v) is 8.60. The lowest BCUT2D eigenvalue weighted by Gasteiger charge is -2.34. The van der Waals surface area contributed by atoms with Crippen LogP contribution in [0, 0.1) is 0 Å². The molecule has 0 radical (unpaired) electrons. The molecule has 0 aromatic heterocycles. The molecule has 0 bridgehead atoms. The van der Waals surface area contributed by atoms with Crippen LogP contribution in [0.5, 0.6) is 0 Å². The van der Waals surface area contributed by atoms with Gasteiger partial charge in [-0.3, -0.25) is 4.79 Å². The van der Waals surface area contributed by atoms with Crippen LogP contribution >= 0.6 is 0 Å². The highest BCUT2D eigenvalue weighted by Gasteiger charge is 2.44. The van der Waals surface area contributed by atoms with Gasteiger partial charge in [-0.15, -0.1) is 0 Å². The van der Waals surface area contributed by atoms with Crippen molar-refractivity contribution in [1.82, 2.24) is 4.90 Å². The van der Waals surface area contributed by atoms with E-state index in [0.717, 1.165) is 0 Å². The van der Waals surface area contributed by atoms with Crippen LogP contribution in [0.25, 0.3) is 0 Å². The van der Waals surface area contributed by atoms with E-state index in [1.807, 2.05) is 0 Å². The zero-order chi connectivity index (χ0) is 10.9. The molecule has 1 heterocycles. The molecule has 0 aliphatic carbocycles. The molecule has 5 nitrogen and oxygen atoms in total. The van der Waals surface area contributed by atoms with Crippen molar-refractivity contribution in [2.24, 2.45) is 5.73 Å². The van der Waals surface area contributed by atoms with E-state index in [-0.39, 0.29) is 19.1 Å². The predicted octanol–water partition coefficient (Wildman–Crippen LogP) is -1.32. The summed E-state index contributed by atoms with van der Waals surface area (Å²) >= 11 is 0. The highest BCUT2D eigenvalue weighted by molar-refractivity contribution is 5.82.